The van der Waals surface area contributed by atoms with Crippen LogP contribution in [-0.4, -0.2) is 30.3 Å². The van der Waals surface area contributed by atoms with E-state index in [1.807, 2.05) is 0 Å². The molecular weight excluding hydrogens is 413 g/mol. The van der Waals surface area contributed by atoms with Crippen molar-refractivity contribution in [1.82, 2.24) is 24.5 Å². The highest BCUT2D eigenvalue weighted by molar-refractivity contribution is 6.37. The summed E-state index contributed by atoms with van der Waals surface area (Å²) in [6.07, 6.45) is 1.42. The van der Waals surface area contributed by atoms with Gasteiger partial charge in [-0.1, -0.05) is 34.8 Å². The van der Waals surface area contributed by atoms with Crippen molar-refractivity contribution in [3.05, 3.63) is 79.3 Å². The number of aromatic amines is 2. The average molecular weight is 423 g/mol. The Kier molecular flexibility index (Phi) is 4.51. The summed E-state index contributed by atoms with van der Waals surface area (Å²) in [7, 11) is 0. The Bertz CT molecular complexity index is 1240. The SMILES string of the molecule is O=C(c1cn(Cc2nc3nc(Cl)ccc3[nH]2)c(=O)[nH]1)c1ccc(Cl)cc1Cl. The summed E-state index contributed by atoms with van der Waals surface area (Å²) >= 11 is 17.8. The number of fused-ring (bicyclic) bond motifs is 1. The van der Waals surface area contributed by atoms with Crippen molar-refractivity contribution in [3.8, 4) is 0 Å². The molecule has 0 atom stereocenters. The minimum absolute atomic E-state index is 0.113. The van der Waals surface area contributed by atoms with Crippen molar-refractivity contribution in [2.24, 2.45) is 0 Å². The van der Waals surface area contributed by atoms with Crippen LogP contribution in [0.3, 0.4) is 0 Å². The molecule has 10 heteroatoms. The third-order valence-electron chi connectivity index (χ3n) is 3.89. The summed E-state index contributed by atoms with van der Waals surface area (Å²) in [4.78, 5) is 38.8. The number of carbonyl (C=O) groups excluding carboxylic acids is 1. The number of nitrogens with zero attached hydrogens (tertiary/aromatic N) is 3. The van der Waals surface area contributed by atoms with Gasteiger partial charge in [-0.05, 0) is 30.3 Å². The molecule has 3 heterocycles. The first kappa shape index (κ1) is 17.8. The third kappa shape index (κ3) is 3.49. The fourth-order valence-corrected chi connectivity index (χ4v) is 3.28. The number of nitrogens with one attached hydrogen (secondary N) is 2. The zero-order chi connectivity index (χ0) is 19.1. The molecule has 1 aromatic carbocycles. The van der Waals surface area contributed by atoms with E-state index in [4.69, 9.17) is 34.8 Å². The first-order valence-electron chi connectivity index (χ1n) is 7.71. The molecule has 4 aromatic rings. The predicted octanol–water partition coefficient (Wildman–Crippen LogP) is 3.69. The Morgan fingerprint density at radius 3 is 2.67 bits per heavy atom. The second kappa shape index (κ2) is 6.84. The van der Waals surface area contributed by atoms with Crippen LogP contribution < -0.4 is 5.69 Å². The lowest BCUT2D eigenvalue weighted by Gasteiger charge is -2.01. The van der Waals surface area contributed by atoms with Crippen LogP contribution >= 0.6 is 34.8 Å². The number of imidazole rings is 2. The van der Waals surface area contributed by atoms with E-state index in [0.29, 0.717) is 27.2 Å². The maximum absolute atomic E-state index is 12.6. The van der Waals surface area contributed by atoms with Gasteiger partial charge in [0.05, 0.1) is 17.1 Å². The van der Waals surface area contributed by atoms with E-state index < -0.39 is 11.5 Å². The summed E-state index contributed by atoms with van der Waals surface area (Å²) in [5.74, 6) is 0.0926. The number of carbonyl (C=O) groups is 1. The molecule has 0 radical (unpaired) electrons. The van der Waals surface area contributed by atoms with Crippen LogP contribution in [0.25, 0.3) is 11.2 Å². The molecule has 0 bridgehead atoms. The van der Waals surface area contributed by atoms with Gasteiger partial charge in [0, 0.05) is 16.8 Å². The van der Waals surface area contributed by atoms with Gasteiger partial charge in [0.1, 0.15) is 16.7 Å². The van der Waals surface area contributed by atoms with Crippen molar-refractivity contribution in [3.63, 3.8) is 0 Å². The molecule has 27 heavy (non-hydrogen) atoms. The van der Waals surface area contributed by atoms with Crippen molar-refractivity contribution >= 4 is 51.7 Å². The molecule has 0 fully saturated rings. The minimum atomic E-state index is -0.449. The summed E-state index contributed by atoms with van der Waals surface area (Å²) < 4.78 is 1.33. The molecule has 0 unspecified atom stereocenters. The topological polar surface area (TPSA) is 96.4 Å². The maximum Gasteiger partial charge on any atom is 0.326 e. The van der Waals surface area contributed by atoms with E-state index in [9.17, 15) is 9.59 Å². The van der Waals surface area contributed by atoms with Gasteiger partial charge in [-0.2, -0.15) is 0 Å². The van der Waals surface area contributed by atoms with E-state index in [1.54, 1.807) is 18.2 Å². The van der Waals surface area contributed by atoms with Crippen LogP contribution in [0.15, 0.2) is 41.3 Å². The van der Waals surface area contributed by atoms with Gasteiger partial charge >= 0.3 is 5.69 Å². The number of pyridine rings is 1. The molecule has 7 nitrogen and oxygen atoms in total. The lowest BCUT2D eigenvalue weighted by atomic mass is 10.1. The van der Waals surface area contributed by atoms with E-state index >= 15 is 0 Å². The van der Waals surface area contributed by atoms with Gasteiger partial charge in [-0.15, -0.1) is 0 Å². The molecular formula is C17H10Cl3N5O2. The first-order chi connectivity index (χ1) is 12.9. The van der Waals surface area contributed by atoms with E-state index in [-0.39, 0.29) is 22.8 Å². The van der Waals surface area contributed by atoms with Crippen molar-refractivity contribution in [2.75, 3.05) is 0 Å². The summed E-state index contributed by atoms with van der Waals surface area (Å²) in [5, 5.41) is 0.953. The summed E-state index contributed by atoms with van der Waals surface area (Å²) in [5.41, 5.74) is 1.06. The number of halogens is 3. The monoisotopic (exact) mass is 421 g/mol. The van der Waals surface area contributed by atoms with Crippen LogP contribution in [0.5, 0.6) is 0 Å². The van der Waals surface area contributed by atoms with Gasteiger partial charge in [-0.25, -0.2) is 14.8 Å². The van der Waals surface area contributed by atoms with Crippen LogP contribution in [0.2, 0.25) is 15.2 Å². The summed E-state index contributed by atoms with van der Waals surface area (Å²) in [6.45, 7) is 0.130. The van der Waals surface area contributed by atoms with Crippen molar-refractivity contribution in [1.29, 1.82) is 0 Å². The number of H-pyrrole nitrogens is 2. The second-order valence-electron chi connectivity index (χ2n) is 5.74. The number of hydrogen-bond donors (Lipinski definition) is 2. The highest BCUT2D eigenvalue weighted by atomic mass is 35.5. The van der Waals surface area contributed by atoms with Gasteiger partial charge in [-0.3, -0.25) is 9.36 Å². The van der Waals surface area contributed by atoms with E-state index in [0.717, 1.165) is 0 Å². The van der Waals surface area contributed by atoms with Gasteiger partial charge in [0.25, 0.3) is 0 Å². The number of aromatic nitrogens is 5. The van der Waals surface area contributed by atoms with Gasteiger partial charge in [0.2, 0.25) is 5.78 Å². The zero-order valence-corrected chi connectivity index (χ0v) is 15.7. The van der Waals surface area contributed by atoms with Crippen LogP contribution in [0.4, 0.5) is 0 Å². The Balaban J connectivity index is 1.64. The molecule has 0 aliphatic carbocycles. The smallest absolute Gasteiger partial charge is 0.326 e. The Morgan fingerprint density at radius 1 is 1.07 bits per heavy atom. The number of ketones is 1. The average Bonchev–Trinajstić information content (AvgIpc) is 3.17. The number of hydrogen-bond acceptors (Lipinski definition) is 4. The number of rotatable bonds is 4. The summed E-state index contributed by atoms with van der Waals surface area (Å²) in [6, 6.07) is 7.93. The Hall–Kier alpha value is -2.61. The molecule has 0 saturated heterocycles. The Morgan fingerprint density at radius 2 is 1.89 bits per heavy atom. The minimum Gasteiger partial charge on any atom is -0.339 e. The molecule has 2 N–H and O–H groups in total. The van der Waals surface area contributed by atoms with Crippen molar-refractivity contribution < 1.29 is 4.79 Å². The highest BCUT2D eigenvalue weighted by Gasteiger charge is 2.17. The highest BCUT2D eigenvalue weighted by Crippen LogP contribution is 2.23. The molecule has 0 amide bonds. The molecule has 0 spiro atoms. The number of benzene rings is 1. The molecule has 0 aliphatic rings. The van der Waals surface area contributed by atoms with E-state index in [2.05, 4.69) is 19.9 Å². The molecule has 136 valence electrons. The lowest BCUT2D eigenvalue weighted by Crippen LogP contribution is -2.17. The third-order valence-corrected chi connectivity index (χ3v) is 4.65. The fraction of sp³-hybridized carbons (Fsp3) is 0.0588. The van der Waals surface area contributed by atoms with Gasteiger partial charge in [0.15, 0.2) is 5.65 Å². The Labute approximate surface area is 166 Å². The van der Waals surface area contributed by atoms with Crippen LogP contribution in [0.1, 0.15) is 21.9 Å². The molecule has 3 aromatic heterocycles. The largest absolute Gasteiger partial charge is 0.339 e. The zero-order valence-electron chi connectivity index (χ0n) is 13.5. The van der Waals surface area contributed by atoms with Crippen LogP contribution in [-0.2, 0) is 6.54 Å². The lowest BCUT2D eigenvalue weighted by molar-refractivity contribution is 0.103. The second-order valence-corrected chi connectivity index (χ2v) is 6.97. The quantitative estimate of drug-likeness (QED) is 0.387. The molecule has 4 rings (SSSR count). The van der Waals surface area contributed by atoms with E-state index in [1.165, 1.54) is 22.9 Å². The normalized spacial score (nSPS) is 11.2. The van der Waals surface area contributed by atoms with Crippen LogP contribution in [0, 0.1) is 0 Å². The maximum atomic E-state index is 12.6. The predicted molar refractivity (Wildman–Crippen MR) is 103 cm³/mol. The standard InChI is InChI=1S/C17H10Cl3N5O2/c18-8-1-2-9(10(19)5-8)15(26)12-6-25(17(27)22-12)7-14-21-11-3-4-13(20)23-16(11)24-14/h1-6H,7H2,(H,22,27)(H,21,23,24). The molecule has 0 aliphatic heterocycles. The molecule has 0 saturated carbocycles. The van der Waals surface area contributed by atoms with Gasteiger partial charge < -0.3 is 9.97 Å². The van der Waals surface area contributed by atoms with Crippen molar-refractivity contribution in [2.45, 2.75) is 6.54 Å². The fourth-order valence-electron chi connectivity index (χ4n) is 2.64. The first-order valence-corrected chi connectivity index (χ1v) is 8.84.